The number of hydrogen-bond donors (Lipinski definition) is 1. The molecule has 2 aromatic heterocycles. The Labute approximate surface area is 122 Å². The lowest BCUT2D eigenvalue weighted by Gasteiger charge is -2.21. The highest BCUT2D eigenvalue weighted by Gasteiger charge is 2.14. The van der Waals surface area contributed by atoms with Crippen molar-refractivity contribution in [3.63, 3.8) is 0 Å². The molecule has 5 heteroatoms. The maximum absolute atomic E-state index is 4.64. The summed E-state index contributed by atoms with van der Waals surface area (Å²) >= 11 is 1.75. The summed E-state index contributed by atoms with van der Waals surface area (Å²) in [6, 6.07) is 10.9. The van der Waals surface area contributed by atoms with Gasteiger partial charge in [0.1, 0.15) is 5.01 Å². The van der Waals surface area contributed by atoms with Gasteiger partial charge >= 0.3 is 0 Å². The van der Waals surface area contributed by atoms with Crippen molar-refractivity contribution in [2.24, 2.45) is 0 Å². The molecule has 3 aromatic rings. The topological polar surface area (TPSA) is 42.7 Å². The standard InChI is InChI=1S/C15H18N4S/c1-11(12(2)19-9-5-8-17-19)16-10-15-18-13-6-3-4-7-14(13)20-15/h3-9,11-12,16H,10H2,1-2H3/t11-,12-/m1/s1. The third kappa shape index (κ3) is 2.73. The van der Waals surface area contributed by atoms with Crippen LogP contribution in [-0.4, -0.2) is 20.8 Å². The SMILES string of the molecule is C[C@H]([C@@H](C)NCc1nc2ccccc2s1)n1cccn1. The van der Waals surface area contributed by atoms with E-state index in [1.54, 1.807) is 11.3 Å². The molecule has 0 unspecified atom stereocenters. The summed E-state index contributed by atoms with van der Waals surface area (Å²) in [6.45, 7) is 5.15. The predicted octanol–water partition coefficient (Wildman–Crippen LogP) is 3.23. The largest absolute Gasteiger partial charge is 0.306 e. The summed E-state index contributed by atoms with van der Waals surface area (Å²) in [4.78, 5) is 4.64. The van der Waals surface area contributed by atoms with Crippen molar-refractivity contribution >= 4 is 21.6 Å². The van der Waals surface area contributed by atoms with Crippen LogP contribution >= 0.6 is 11.3 Å². The molecule has 0 amide bonds. The Morgan fingerprint density at radius 2 is 2.10 bits per heavy atom. The molecule has 0 aliphatic rings. The van der Waals surface area contributed by atoms with Gasteiger partial charge in [0.2, 0.25) is 0 Å². The molecule has 0 fully saturated rings. The van der Waals surface area contributed by atoms with Gasteiger partial charge in [-0.05, 0) is 32.0 Å². The lowest BCUT2D eigenvalue weighted by atomic mass is 10.2. The van der Waals surface area contributed by atoms with E-state index in [1.807, 2.05) is 29.2 Å². The summed E-state index contributed by atoms with van der Waals surface area (Å²) in [5.41, 5.74) is 1.09. The van der Waals surface area contributed by atoms with Crippen LogP contribution in [0.1, 0.15) is 24.9 Å². The molecule has 2 atom stereocenters. The minimum absolute atomic E-state index is 0.319. The first-order chi connectivity index (χ1) is 9.74. The zero-order chi connectivity index (χ0) is 13.9. The Morgan fingerprint density at radius 3 is 2.85 bits per heavy atom. The molecule has 1 N–H and O–H groups in total. The minimum atomic E-state index is 0.319. The molecule has 104 valence electrons. The smallest absolute Gasteiger partial charge is 0.108 e. The van der Waals surface area contributed by atoms with Gasteiger partial charge < -0.3 is 5.32 Å². The molecule has 0 saturated heterocycles. The molecule has 0 radical (unpaired) electrons. The number of rotatable bonds is 5. The molecule has 0 saturated carbocycles. The Balaban J connectivity index is 1.64. The first-order valence-electron chi connectivity index (χ1n) is 6.81. The van der Waals surface area contributed by atoms with Crippen molar-refractivity contribution in [1.29, 1.82) is 0 Å². The zero-order valence-electron chi connectivity index (χ0n) is 11.7. The molecule has 0 aliphatic heterocycles. The second-order valence-electron chi connectivity index (χ2n) is 4.97. The number of hydrogen-bond acceptors (Lipinski definition) is 4. The molecular formula is C15H18N4S. The van der Waals surface area contributed by atoms with E-state index in [0.717, 1.165) is 17.1 Å². The van der Waals surface area contributed by atoms with Crippen LogP contribution < -0.4 is 5.32 Å². The zero-order valence-corrected chi connectivity index (χ0v) is 12.5. The monoisotopic (exact) mass is 286 g/mol. The summed E-state index contributed by atoms with van der Waals surface area (Å²) in [7, 11) is 0. The van der Waals surface area contributed by atoms with E-state index < -0.39 is 0 Å². The lowest BCUT2D eigenvalue weighted by molar-refractivity contribution is 0.365. The van der Waals surface area contributed by atoms with Gasteiger partial charge in [-0.3, -0.25) is 4.68 Å². The number of thiazole rings is 1. The Bertz CT molecular complexity index is 641. The van der Waals surface area contributed by atoms with Crippen LogP contribution in [0.3, 0.4) is 0 Å². The van der Waals surface area contributed by atoms with E-state index in [1.165, 1.54) is 4.70 Å². The van der Waals surface area contributed by atoms with Gasteiger partial charge in [-0.1, -0.05) is 12.1 Å². The average Bonchev–Trinajstić information content (AvgIpc) is 3.12. The molecule has 4 nitrogen and oxygen atoms in total. The minimum Gasteiger partial charge on any atom is -0.306 e. The fourth-order valence-corrected chi connectivity index (χ4v) is 3.08. The van der Waals surface area contributed by atoms with Gasteiger partial charge in [-0.25, -0.2) is 4.98 Å². The van der Waals surface area contributed by atoms with Crippen LogP contribution in [0, 0.1) is 0 Å². The Morgan fingerprint density at radius 1 is 1.25 bits per heavy atom. The van der Waals surface area contributed by atoms with Crippen molar-refractivity contribution in [1.82, 2.24) is 20.1 Å². The van der Waals surface area contributed by atoms with Crippen molar-refractivity contribution in [3.8, 4) is 0 Å². The maximum atomic E-state index is 4.64. The number of nitrogens with zero attached hydrogens (tertiary/aromatic N) is 3. The van der Waals surface area contributed by atoms with Gasteiger partial charge in [0.15, 0.2) is 0 Å². The van der Waals surface area contributed by atoms with Gasteiger partial charge in [0.25, 0.3) is 0 Å². The Hall–Kier alpha value is -1.72. The molecule has 0 spiro atoms. The molecule has 3 rings (SSSR count). The average molecular weight is 286 g/mol. The van der Waals surface area contributed by atoms with Crippen LogP contribution in [0.5, 0.6) is 0 Å². The summed E-state index contributed by atoms with van der Waals surface area (Å²) < 4.78 is 3.23. The molecule has 2 heterocycles. The van der Waals surface area contributed by atoms with Crippen molar-refractivity contribution in [2.75, 3.05) is 0 Å². The van der Waals surface area contributed by atoms with Crippen LogP contribution in [0.15, 0.2) is 42.7 Å². The second kappa shape index (κ2) is 5.73. The van der Waals surface area contributed by atoms with Crippen LogP contribution in [0.2, 0.25) is 0 Å². The number of benzene rings is 1. The highest BCUT2D eigenvalue weighted by molar-refractivity contribution is 7.18. The molecule has 1 aromatic carbocycles. The summed E-state index contributed by atoms with van der Waals surface area (Å²) in [5.74, 6) is 0. The molecule has 0 aliphatic carbocycles. The normalized spacial score (nSPS) is 14.5. The molecule has 20 heavy (non-hydrogen) atoms. The van der Waals surface area contributed by atoms with Crippen LogP contribution in [0.25, 0.3) is 10.2 Å². The number of nitrogens with one attached hydrogen (secondary N) is 1. The first-order valence-corrected chi connectivity index (χ1v) is 7.62. The van der Waals surface area contributed by atoms with Crippen molar-refractivity contribution in [2.45, 2.75) is 32.5 Å². The summed E-state index contributed by atoms with van der Waals surface area (Å²) in [6.07, 6.45) is 3.82. The predicted molar refractivity (Wildman–Crippen MR) is 82.9 cm³/mol. The fraction of sp³-hybridized carbons (Fsp3) is 0.333. The lowest BCUT2D eigenvalue weighted by Crippen LogP contribution is -2.33. The van der Waals surface area contributed by atoms with E-state index in [2.05, 4.69) is 47.4 Å². The van der Waals surface area contributed by atoms with Crippen molar-refractivity contribution < 1.29 is 0 Å². The van der Waals surface area contributed by atoms with Crippen LogP contribution in [-0.2, 0) is 6.54 Å². The van der Waals surface area contributed by atoms with E-state index in [9.17, 15) is 0 Å². The number of aromatic nitrogens is 3. The van der Waals surface area contributed by atoms with E-state index in [4.69, 9.17) is 0 Å². The van der Waals surface area contributed by atoms with E-state index in [-0.39, 0.29) is 0 Å². The fourth-order valence-electron chi connectivity index (χ4n) is 2.17. The summed E-state index contributed by atoms with van der Waals surface area (Å²) in [5, 5.41) is 8.96. The maximum Gasteiger partial charge on any atom is 0.108 e. The molecular weight excluding hydrogens is 268 g/mol. The van der Waals surface area contributed by atoms with E-state index in [0.29, 0.717) is 12.1 Å². The highest BCUT2D eigenvalue weighted by Crippen LogP contribution is 2.21. The first kappa shape index (κ1) is 13.3. The van der Waals surface area contributed by atoms with Gasteiger partial charge in [-0.15, -0.1) is 11.3 Å². The van der Waals surface area contributed by atoms with Gasteiger partial charge in [0, 0.05) is 25.0 Å². The van der Waals surface area contributed by atoms with Crippen LogP contribution in [0.4, 0.5) is 0 Å². The van der Waals surface area contributed by atoms with E-state index >= 15 is 0 Å². The van der Waals surface area contributed by atoms with Crippen molar-refractivity contribution in [3.05, 3.63) is 47.7 Å². The van der Waals surface area contributed by atoms with Gasteiger partial charge in [0.05, 0.1) is 16.3 Å². The quantitative estimate of drug-likeness (QED) is 0.783. The molecule has 0 bridgehead atoms. The number of fused-ring (bicyclic) bond motifs is 1. The Kier molecular flexibility index (Phi) is 3.80. The third-order valence-electron chi connectivity index (χ3n) is 3.58. The third-order valence-corrected chi connectivity index (χ3v) is 4.62. The highest BCUT2D eigenvalue weighted by atomic mass is 32.1. The van der Waals surface area contributed by atoms with Gasteiger partial charge in [-0.2, -0.15) is 5.10 Å². The number of para-hydroxylation sites is 1. The second-order valence-corrected chi connectivity index (χ2v) is 6.09.